The molecule has 306 valence electrons. The van der Waals surface area contributed by atoms with Gasteiger partial charge in [-0.15, -0.1) is 0 Å². The van der Waals surface area contributed by atoms with Crippen LogP contribution in [-0.2, 0) is 52.3 Å². The topological polar surface area (TPSA) is 204 Å². The van der Waals surface area contributed by atoms with E-state index in [0.717, 1.165) is 17.5 Å². The molecule has 0 radical (unpaired) electrons. The summed E-state index contributed by atoms with van der Waals surface area (Å²) in [6.45, 7) is 0.409. The molecular weight excluding hydrogens is 781 g/mol. The Kier molecular flexibility index (Phi) is 10.5. The van der Waals surface area contributed by atoms with Gasteiger partial charge >= 0.3 is 6.09 Å². The number of hydrogen-bond donors (Lipinski definition) is 2. The van der Waals surface area contributed by atoms with Crippen molar-refractivity contribution in [2.45, 2.75) is 106 Å². The molecule has 8 rings (SSSR count). The number of Topliss-reactive ketones (excluding diaryl/α,β-unsaturated/α-hetero) is 1. The van der Waals surface area contributed by atoms with Crippen LogP contribution < -0.4 is 23.7 Å². The first kappa shape index (κ1) is 39.2. The summed E-state index contributed by atoms with van der Waals surface area (Å²) in [7, 11) is -6.68. The van der Waals surface area contributed by atoms with E-state index in [1.54, 1.807) is 0 Å². The zero-order chi connectivity index (χ0) is 40.1. The summed E-state index contributed by atoms with van der Waals surface area (Å²) in [6, 6.07) is 6.92. The summed E-state index contributed by atoms with van der Waals surface area (Å²) >= 11 is 0. The van der Waals surface area contributed by atoms with Crippen LogP contribution >= 0.6 is 0 Å². The SMILES string of the molecule is COc1ccc(S(=O)(=O)N[C@H]2CCCCC/C=C\[C@@H]3C[C@@]3(C(=O)NS(=O)(=O)C3CC3)CC(=O)[C@@H]3C[C@@H](OC(=O)N4Cc5cc6c(cc5C4)OCO6)CN3C2=O)cc1. The van der Waals surface area contributed by atoms with Gasteiger partial charge in [0.05, 0.1) is 35.3 Å². The van der Waals surface area contributed by atoms with E-state index in [9.17, 15) is 36.0 Å². The van der Waals surface area contributed by atoms with E-state index in [4.69, 9.17) is 18.9 Å². The Bertz CT molecular complexity index is 2180. The zero-order valence-electron chi connectivity index (χ0n) is 31.5. The van der Waals surface area contributed by atoms with Crippen LogP contribution in [0.1, 0.15) is 75.3 Å². The Labute approximate surface area is 331 Å². The van der Waals surface area contributed by atoms with Crippen LogP contribution in [0.25, 0.3) is 0 Å². The molecule has 4 heterocycles. The molecule has 1 saturated heterocycles. The molecule has 2 N–H and O–H groups in total. The van der Waals surface area contributed by atoms with Crippen LogP contribution in [0.3, 0.4) is 0 Å². The average molecular weight is 827 g/mol. The van der Waals surface area contributed by atoms with E-state index in [1.165, 1.54) is 41.2 Å². The highest BCUT2D eigenvalue weighted by Crippen LogP contribution is 2.57. The van der Waals surface area contributed by atoms with E-state index in [2.05, 4.69) is 9.44 Å². The number of methoxy groups -OCH3 is 1. The quantitative estimate of drug-likeness (QED) is 0.368. The van der Waals surface area contributed by atoms with E-state index in [-0.39, 0.29) is 57.0 Å². The minimum atomic E-state index is -4.23. The molecule has 16 nitrogen and oxygen atoms in total. The first-order valence-corrected chi connectivity index (χ1v) is 22.4. The van der Waals surface area contributed by atoms with Gasteiger partial charge in [0.15, 0.2) is 17.3 Å². The number of allylic oxidation sites excluding steroid dienone is 2. The van der Waals surface area contributed by atoms with Crippen molar-refractivity contribution in [3.8, 4) is 17.2 Å². The second kappa shape index (κ2) is 15.2. The van der Waals surface area contributed by atoms with Crippen molar-refractivity contribution in [1.29, 1.82) is 0 Å². The molecule has 0 unspecified atom stereocenters. The Morgan fingerprint density at radius 3 is 2.30 bits per heavy atom. The van der Waals surface area contributed by atoms with Gasteiger partial charge in [0.1, 0.15) is 17.9 Å². The fraction of sp³-hybridized carbons (Fsp3) is 0.538. The molecular formula is C39H46N4O12S2. The predicted octanol–water partition coefficient (Wildman–Crippen LogP) is 3.29. The van der Waals surface area contributed by atoms with Gasteiger partial charge in [-0.1, -0.05) is 25.0 Å². The highest BCUT2D eigenvalue weighted by atomic mass is 32.2. The third-order valence-corrected chi connectivity index (χ3v) is 15.1. The standard InChI is InChI=1S/C39H46N4O12S2/c1-52-27-9-11-29(12-10-27)56(48,49)40-31-8-6-4-2-3-5-7-26-18-39(26,37(46)41-57(50,51)30-13-14-30)19-33(44)32-17-28(22-43(32)36(31)45)55-38(47)42-20-24-15-34-35(54-23-53-34)16-25(24)21-42/h5,7,9-12,15-16,26,28,30-32,40H,2-4,6,8,13-14,17-23H2,1H3,(H,41,46)/b7-5-/t26-,28-,31+,32+,39-/m1/s1. The molecule has 2 aliphatic carbocycles. The molecule has 0 bridgehead atoms. The maximum Gasteiger partial charge on any atom is 0.410 e. The fourth-order valence-electron chi connectivity index (χ4n) is 8.31. The summed E-state index contributed by atoms with van der Waals surface area (Å²) in [6.07, 6.45) is 5.55. The fourth-order valence-corrected chi connectivity index (χ4v) is 10.9. The first-order chi connectivity index (χ1) is 27.3. The normalized spacial score (nSPS) is 28.0. The second-order valence-electron chi connectivity index (χ2n) is 15.8. The monoisotopic (exact) mass is 826 g/mol. The summed E-state index contributed by atoms with van der Waals surface area (Å²) in [5.74, 6) is -0.689. The largest absolute Gasteiger partial charge is 0.497 e. The van der Waals surface area contributed by atoms with E-state index < -0.39 is 78.5 Å². The summed E-state index contributed by atoms with van der Waals surface area (Å²) in [5, 5.41) is -0.647. The van der Waals surface area contributed by atoms with Gasteiger partial charge in [-0.25, -0.2) is 21.6 Å². The first-order valence-electron chi connectivity index (χ1n) is 19.4. The smallest absolute Gasteiger partial charge is 0.410 e. The van der Waals surface area contributed by atoms with Crippen molar-refractivity contribution in [2.24, 2.45) is 11.3 Å². The second-order valence-corrected chi connectivity index (χ2v) is 19.5. The van der Waals surface area contributed by atoms with Gasteiger partial charge in [0, 0.05) is 25.9 Å². The molecule has 57 heavy (non-hydrogen) atoms. The van der Waals surface area contributed by atoms with Gasteiger partial charge in [-0.05, 0) is 92.0 Å². The van der Waals surface area contributed by atoms with E-state index in [1.807, 2.05) is 24.3 Å². The van der Waals surface area contributed by atoms with Crippen LogP contribution in [0.2, 0.25) is 0 Å². The maximum atomic E-state index is 14.6. The molecule has 5 atom stereocenters. The lowest BCUT2D eigenvalue weighted by molar-refractivity contribution is -0.140. The highest BCUT2D eigenvalue weighted by molar-refractivity contribution is 7.91. The minimum absolute atomic E-state index is 0.0816. The molecule has 3 fully saturated rings. The number of benzene rings is 2. The number of sulfonamides is 2. The summed E-state index contributed by atoms with van der Waals surface area (Å²) in [4.78, 5) is 59.1. The number of rotatable bonds is 8. The maximum absolute atomic E-state index is 14.6. The Hall–Kier alpha value is -4.68. The molecule has 0 aromatic heterocycles. The van der Waals surface area contributed by atoms with Crippen LogP contribution in [0.4, 0.5) is 4.79 Å². The van der Waals surface area contributed by atoms with E-state index in [0.29, 0.717) is 49.4 Å². The highest BCUT2D eigenvalue weighted by Gasteiger charge is 2.61. The third kappa shape index (κ3) is 8.08. The molecule has 6 aliphatic rings. The molecule has 18 heteroatoms. The molecule has 4 aliphatic heterocycles. The lowest BCUT2D eigenvalue weighted by Crippen LogP contribution is -2.52. The number of carbonyl (C=O) groups is 4. The molecule has 3 amide bonds. The summed E-state index contributed by atoms with van der Waals surface area (Å²) < 4.78 is 80.0. The van der Waals surface area contributed by atoms with Gasteiger partial charge < -0.3 is 23.8 Å². The number of ether oxygens (including phenoxy) is 4. The Morgan fingerprint density at radius 2 is 1.63 bits per heavy atom. The minimum Gasteiger partial charge on any atom is -0.497 e. The van der Waals surface area contributed by atoms with Crippen LogP contribution in [0, 0.1) is 11.3 Å². The van der Waals surface area contributed by atoms with Gasteiger partial charge in [-0.2, -0.15) is 4.72 Å². The number of amides is 3. The number of carbonyl (C=O) groups excluding carboxylic acids is 4. The van der Waals surface area contributed by atoms with Crippen molar-refractivity contribution in [3.05, 3.63) is 59.7 Å². The summed E-state index contributed by atoms with van der Waals surface area (Å²) in [5.41, 5.74) is 0.393. The molecule has 2 aromatic carbocycles. The van der Waals surface area contributed by atoms with Crippen molar-refractivity contribution >= 4 is 43.7 Å². The number of nitrogens with zero attached hydrogens (tertiary/aromatic N) is 2. The van der Waals surface area contributed by atoms with Gasteiger partial charge in [0.25, 0.3) is 0 Å². The van der Waals surface area contributed by atoms with Crippen LogP contribution in [0.5, 0.6) is 17.2 Å². The number of hydrogen-bond acceptors (Lipinski definition) is 12. The van der Waals surface area contributed by atoms with Crippen LogP contribution in [-0.4, -0.2) is 94.2 Å². The lowest BCUT2D eigenvalue weighted by atomic mass is 9.91. The Balaban J connectivity index is 1.06. The lowest BCUT2D eigenvalue weighted by Gasteiger charge is -2.29. The zero-order valence-corrected chi connectivity index (χ0v) is 33.1. The van der Waals surface area contributed by atoms with Crippen LogP contribution in [0.15, 0.2) is 53.4 Å². The molecule has 0 spiro atoms. The van der Waals surface area contributed by atoms with E-state index >= 15 is 0 Å². The van der Waals surface area contributed by atoms with Crippen molar-refractivity contribution in [1.82, 2.24) is 19.2 Å². The number of nitrogens with one attached hydrogen (secondary N) is 2. The van der Waals surface area contributed by atoms with Crippen molar-refractivity contribution in [2.75, 3.05) is 20.4 Å². The number of fused-ring (bicyclic) bond motifs is 4. The number of ketones is 1. The predicted molar refractivity (Wildman–Crippen MR) is 202 cm³/mol. The average Bonchev–Trinajstić information content (AvgIpc) is 4.00. The third-order valence-electron chi connectivity index (χ3n) is 11.8. The Morgan fingerprint density at radius 1 is 0.930 bits per heavy atom. The molecule has 2 saturated carbocycles. The van der Waals surface area contributed by atoms with Gasteiger partial charge in [0.2, 0.25) is 38.7 Å². The van der Waals surface area contributed by atoms with Gasteiger partial charge in [-0.3, -0.25) is 24.0 Å². The van der Waals surface area contributed by atoms with Crippen molar-refractivity contribution in [3.63, 3.8) is 0 Å². The van der Waals surface area contributed by atoms with Crippen molar-refractivity contribution < 1.29 is 55.0 Å². The molecule has 2 aromatic rings.